The summed E-state index contributed by atoms with van der Waals surface area (Å²) < 4.78 is 0. The number of nitrogens with one attached hydrogen (secondary N) is 1. The summed E-state index contributed by atoms with van der Waals surface area (Å²) >= 11 is 0. The highest BCUT2D eigenvalue weighted by Crippen LogP contribution is 2.18. The van der Waals surface area contributed by atoms with Gasteiger partial charge in [0.05, 0.1) is 16.7 Å². The number of benzene rings is 1. The van der Waals surface area contributed by atoms with Gasteiger partial charge in [-0.05, 0) is 25.5 Å². The van der Waals surface area contributed by atoms with Crippen molar-refractivity contribution in [2.45, 2.75) is 39.2 Å². The van der Waals surface area contributed by atoms with Crippen molar-refractivity contribution in [2.75, 3.05) is 5.32 Å². The zero-order chi connectivity index (χ0) is 14.5. The number of unbranched alkanes of at least 4 members (excludes halogenated alkanes) is 1. The summed E-state index contributed by atoms with van der Waals surface area (Å²) in [5, 5.41) is 12.3. The molecule has 0 saturated heterocycles. The lowest BCUT2D eigenvalue weighted by molar-refractivity contribution is -0.138. The van der Waals surface area contributed by atoms with Crippen LogP contribution in [0.3, 0.4) is 0 Å². The molecule has 1 unspecified atom stereocenters. The maximum atomic E-state index is 11.3. The molecular weight excluding hydrogens is 254 g/mol. The van der Waals surface area contributed by atoms with E-state index in [1.54, 1.807) is 0 Å². The van der Waals surface area contributed by atoms with Crippen molar-refractivity contribution >= 4 is 22.8 Å². The minimum atomic E-state index is -0.854. The maximum Gasteiger partial charge on any atom is 0.326 e. The van der Waals surface area contributed by atoms with Gasteiger partial charge in [-0.25, -0.2) is 14.8 Å². The van der Waals surface area contributed by atoms with Crippen LogP contribution in [0.1, 0.15) is 31.9 Å². The predicted molar refractivity (Wildman–Crippen MR) is 78.8 cm³/mol. The number of aliphatic carboxylic acids is 1. The van der Waals surface area contributed by atoms with Crippen molar-refractivity contribution in [2.24, 2.45) is 0 Å². The van der Waals surface area contributed by atoms with E-state index >= 15 is 0 Å². The zero-order valence-corrected chi connectivity index (χ0v) is 11.8. The number of carboxylic acid groups (broad SMARTS) is 1. The topological polar surface area (TPSA) is 75.1 Å². The lowest BCUT2D eigenvalue weighted by Gasteiger charge is -2.16. The monoisotopic (exact) mass is 273 g/mol. The van der Waals surface area contributed by atoms with Gasteiger partial charge >= 0.3 is 5.97 Å². The van der Waals surface area contributed by atoms with E-state index in [4.69, 9.17) is 0 Å². The molecule has 0 aliphatic heterocycles. The number of fused-ring (bicyclic) bond motifs is 1. The Bertz CT molecular complexity index is 613. The Hall–Kier alpha value is -2.17. The molecule has 0 spiro atoms. The largest absolute Gasteiger partial charge is 0.480 e. The lowest BCUT2D eigenvalue weighted by atomic mass is 10.1. The molecule has 5 heteroatoms. The maximum absolute atomic E-state index is 11.3. The molecule has 0 aliphatic rings. The molecule has 0 bridgehead atoms. The van der Waals surface area contributed by atoms with Gasteiger partial charge in [-0.1, -0.05) is 31.9 Å². The summed E-state index contributed by atoms with van der Waals surface area (Å²) in [5.41, 5.74) is 2.29. The van der Waals surface area contributed by atoms with Gasteiger partial charge in [0.1, 0.15) is 11.9 Å². The fourth-order valence-corrected chi connectivity index (χ4v) is 2.06. The first-order valence-corrected chi connectivity index (χ1v) is 6.84. The molecule has 106 valence electrons. The number of rotatable bonds is 6. The van der Waals surface area contributed by atoms with Crippen LogP contribution in [-0.4, -0.2) is 27.1 Å². The fourth-order valence-electron chi connectivity index (χ4n) is 2.06. The summed E-state index contributed by atoms with van der Waals surface area (Å²) in [6, 6.07) is 6.94. The fraction of sp³-hybridized carbons (Fsp3) is 0.400. The number of carboxylic acids is 1. The van der Waals surface area contributed by atoms with Crippen LogP contribution in [0.15, 0.2) is 24.3 Å². The molecule has 2 aromatic rings. The second-order valence-corrected chi connectivity index (χ2v) is 4.82. The van der Waals surface area contributed by atoms with Gasteiger partial charge in [0.15, 0.2) is 0 Å². The average molecular weight is 273 g/mol. The number of hydrogen-bond acceptors (Lipinski definition) is 4. The highest BCUT2D eigenvalue weighted by molar-refractivity contribution is 5.79. The van der Waals surface area contributed by atoms with E-state index in [0.717, 1.165) is 23.9 Å². The Balaban J connectivity index is 2.27. The molecule has 0 aliphatic carbocycles. The van der Waals surface area contributed by atoms with Gasteiger partial charge in [0.2, 0.25) is 0 Å². The smallest absolute Gasteiger partial charge is 0.326 e. The van der Waals surface area contributed by atoms with Crippen molar-refractivity contribution in [3.8, 4) is 0 Å². The van der Waals surface area contributed by atoms with E-state index < -0.39 is 12.0 Å². The number of carbonyl (C=O) groups is 1. The van der Waals surface area contributed by atoms with Crippen LogP contribution in [0, 0.1) is 6.92 Å². The molecule has 0 saturated carbocycles. The van der Waals surface area contributed by atoms with Crippen LogP contribution in [0.5, 0.6) is 0 Å². The van der Waals surface area contributed by atoms with Crippen molar-refractivity contribution in [1.29, 1.82) is 0 Å². The first-order valence-electron chi connectivity index (χ1n) is 6.84. The Morgan fingerprint density at radius 3 is 2.55 bits per heavy atom. The minimum absolute atomic E-state index is 0.548. The number of nitrogens with zero attached hydrogens (tertiary/aromatic N) is 2. The third-order valence-corrected chi connectivity index (χ3v) is 3.20. The highest BCUT2D eigenvalue weighted by atomic mass is 16.4. The number of aromatic nitrogens is 2. The van der Waals surface area contributed by atoms with Crippen LogP contribution in [-0.2, 0) is 4.79 Å². The van der Waals surface area contributed by atoms with E-state index in [1.165, 1.54) is 0 Å². The summed E-state index contributed by atoms with van der Waals surface area (Å²) in [6.45, 7) is 3.88. The molecule has 0 amide bonds. The van der Waals surface area contributed by atoms with Crippen LogP contribution in [0.4, 0.5) is 5.82 Å². The van der Waals surface area contributed by atoms with E-state index in [1.807, 2.05) is 38.1 Å². The highest BCUT2D eigenvalue weighted by Gasteiger charge is 2.18. The Morgan fingerprint density at radius 2 is 1.95 bits per heavy atom. The molecule has 1 heterocycles. The van der Waals surface area contributed by atoms with Crippen LogP contribution >= 0.6 is 0 Å². The zero-order valence-electron chi connectivity index (χ0n) is 11.8. The molecule has 1 aromatic heterocycles. The molecule has 2 rings (SSSR count). The van der Waals surface area contributed by atoms with Crippen molar-refractivity contribution in [1.82, 2.24) is 9.97 Å². The Labute approximate surface area is 118 Å². The van der Waals surface area contributed by atoms with Crippen LogP contribution in [0.2, 0.25) is 0 Å². The van der Waals surface area contributed by atoms with E-state index in [-0.39, 0.29) is 0 Å². The molecule has 1 aromatic carbocycles. The SMILES string of the molecule is CCCCC(Nc1nc2ccccc2nc1C)C(=O)O. The third-order valence-electron chi connectivity index (χ3n) is 3.20. The van der Waals surface area contributed by atoms with Gasteiger partial charge in [-0.15, -0.1) is 0 Å². The second-order valence-electron chi connectivity index (χ2n) is 4.82. The van der Waals surface area contributed by atoms with Crippen molar-refractivity contribution in [3.63, 3.8) is 0 Å². The van der Waals surface area contributed by atoms with Crippen molar-refractivity contribution < 1.29 is 9.90 Å². The number of anilines is 1. The quantitative estimate of drug-likeness (QED) is 0.846. The van der Waals surface area contributed by atoms with Crippen LogP contribution in [0.25, 0.3) is 11.0 Å². The van der Waals surface area contributed by atoms with E-state index in [2.05, 4.69) is 15.3 Å². The minimum Gasteiger partial charge on any atom is -0.480 e. The Kier molecular flexibility index (Phi) is 4.50. The van der Waals surface area contributed by atoms with Crippen LogP contribution < -0.4 is 5.32 Å². The Morgan fingerprint density at radius 1 is 1.30 bits per heavy atom. The van der Waals surface area contributed by atoms with Gasteiger partial charge in [0.25, 0.3) is 0 Å². The number of aryl methyl sites for hydroxylation is 1. The molecule has 0 fully saturated rings. The average Bonchev–Trinajstić information content (AvgIpc) is 2.43. The molecule has 1 atom stereocenters. The summed E-state index contributed by atoms with van der Waals surface area (Å²) in [6.07, 6.45) is 2.41. The lowest BCUT2D eigenvalue weighted by Crippen LogP contribution is -2.30. The van der Waals surface area contributed by atoms with Gasteiger partial charge in [-0.3, -0.25) is 0 Å². The third kappa shape index (κ3) is 3.23. The summed E-state index contributed by atoms with van der Waals surface area (Å²) in [7, 11) is 0. The van der Waals surface area contributed by atoms with Crippen molar-refractivity contribution in [3.05, 3.63) is 30.0 Å². The first kappa shape index (κ1) is 14.2. The predicted octanol–water partition coefficient (Wildman–Crippen LogP) is 2.99. The molecule has 5 nitrogen and oxygen atoms in total. The number of para-hydroxylation sites is 2. The summed E-state index contributed by atoms with van der Waals surface area (Å²) in [5.74, 6) is -0.306. The van der Waals surface area contributed by atoms with E-state index in [0.29, 0.717) is 17.9 Å². The second kappa shape index (κ2) is 6.32. The van der Waals surface area contributed by atoms with E-state index in [9.17, 15) is 9.90 Å². The molecular formula is C15H19N3O2. The standard InChI is InChI=1S/C15H19N3O2/c1-3-4-7-13(15(19)20)18-14-10(2)16-11-8-5-6-9-12(11)17-14/h5-6,8-9,13H,3-4,7H2,1-2H3,(H,17,18)(H,19,20). The molecule has 2 N–H and O–H groups in total. The normalized spacial score (nSPS) is 12.3. The molecule has 20 heavy (non-hydrogen) atoms. The van der Waals surface area contributed by atoms with Gasteiger partial charge in [-0.2, -0.15) is 0 Å². The first-order chi connectivity index (χ1) is 9.61. The number of hydrogen-bond donors (Lipinski definition) is 2. The van der Waals surface area contributed by atoms with Gasteiger partial charge < -0.3 is 10.4 Å². The van der Waals surface area contributed by atoms with Gasteiger partial charge in [0, 0.05) is 0 Å². The molecule has 0 radical (unpaired) electrons. The summed E-state index contributed by atoms with van der Waals surface area (Å²) in [4.78, 5) is 20.2.